The van der Waals surface area contributed by atoms with Crippen molar-refractivity contribution in [1.29, 1.82) is 0 Å². The molecule has 2 N–H and O–H groups in total. The molecule has 2 rings (SSSR count). The fourth-order valence-electron chi connectivity index (χ4n) is 2.07. The summed E-state index contributed by atoms with van der Waals surface area (Å²) in [5.74, 6) is -1.49. The summed E-state index contributed by atoms with van der Waals surface area (Å²) in [5, 5.41) is 12.4. The first-order chi connectivity index (χ1) is 10.6. The van der Waals surface area contributed by atoms with Crippen molar-refractivity contribution in [2.24, 2.45) is 0 Å². The molecule has 2 aromatic rings. The Morgan fingerprint density at radius 2 is 1.77 bits per heavy atom. The van der Waals surface area contributed by atoms with Gasteiger partial charge in [0.05, 0.1) is 6.42 Å². The van der Waals surface area contributed by atoms with Gasteiger partial charge in [-0.15, -0.1) is 0 Å². The van der Waals surface area contributed by atoms with Crippen LogP contribution in [0.2, 0.25) is 5.02 Å². The third-order valence-corrected chi connectivity index (χ3v) is 3.47. The molecule has 1 heterocycles. The largest absolute Gasteiger partial charge is 0.481 e. The monoisotopic (exact) mass is 318 g/mol. The number of nitrogens with zero attached hydrogens (tertiary/aromatic N) is 1. The maximum absolute atomic E-state index is 12.0. The predicted octanol–water partition coefficient (Wildman–Crippen LogP) is 2.72. The molecule has 0 spiro atoms. The third-order valence-electron chi connectivity index (χ3n) is 3.21. The molecule has 0 saturated carbocycles. The van der Waals surface area contributed by atoms with Crippen molar-refractivity contribution in [1.82, 2.24) is 10.3 Å². The van der Waals surface area contributed by atoms with E-state index in [9.17, 15) is 9.59 Å². The van der Waals surface area contributed by atoms with Gasteiger partial charge in [0.1, 0.15) is 0 Å². The van der Waals surface area contributed by atoms with Gasteiger partial charge in [-0.05, 0) is 29.8 Å². The van der Waals surface area contributed by atoms with Crippen molar-refractivity contribution in [3.05, 3.63) is 64.9 Å². The molecule has 1 atom stereocenters. The molecule has 1 amide bonds. The Bertz CT molecular complexity index is 644. The summed E-state index contributed by atoms with van der Waals surface area (Å²) in [7, 11) is 0. The number of pyridine rings is 1. The SMILES string of the molecule is O=C(O)CC(CNC(=O)c1ccncc1)c1ccc(Cl)cc1. The van der Waals surface area contributed by atoms with Crippen molar-refractivity contribution < 1.29 is 14.7 Å². The summed E-state index contributed by atoms with van der Waals surface area (Å²) in [4.78, 5) is 26.9. The van der Waals surface area contributed by atoms with Crippen molar-refractivity contribution in [2.45, 2.75) is 12.3 Å². The zero-order valence-corrected chi connectivity index (χ0v) is 12.5. The second-order valence-corrected chi connectivity index (χ2v) is 5.23. The van der Waals surface area contributed by atoms with Gasteiger partial charge in [0.15, 0.2) is 0 Å². The molecule has 0 aliphatic carbocycles. The average molecular weight is 319 g/mol. The molecule has 1 unspecified atom stereocenters. The Labute approximate surface area is 133 Å². The molecule has 0 aliphatic heterocycles. The van der Waals surface area contributed by atoms with E-state index in [-0.39, 0.29) is 24.8 Å². The van der Waals surface area contributed by atoms with Gasteiger partial charge in [0, 0.05) is 35.4 Å². The molecule has 0 fully saturated rings. The number of aliphatic carboxylic acids is 1. The first-order valence-electron chi connectivity index (χ1n) is 6.71. The average Bonchev–Trinajstić information content (AvgIpc) is 2.52. The van der Waals surface area contributed by atoms with Gasteiger partial charge in [-0.2, -0.15) is 0 Å². The summed E-state index contributed by atoms with van der Waals surface area (Å²) in [6.45, 7) is 0.231. The molecule has 0 radical (unpaired) electrons. The predicted molar refractivity (Wildman–Crippen MR) is 83.0 cm³/mol. The van der Waals surface area contributed by atoms with Crippen LogP contribution in [-0.2, 0) is 4.79 Å². The van der Waals surface area contributed by atoms with Crippen molar-refractivity contribution in [3.8, 4) is 0 Å². The highest BCUT2D eigenvalue weighted by Crippen LogP contribution is 2.21. The topological polar surface area (TPSA) is 79.3 Å². The number of nitrogens with one attached hydrogen (secondary N) is 1. The fourth-order valence-corrected chi connectivity index (χ4v) is 2.20. The number of carboxylic acids is 1. The maximum Gasteiger partial charge on any atom is 0.304 e. The number of aromatic nitrogens is 1. The Kier molecular flexibility index (Phi) is 5.49. The van der Waals surface area contributed by atoms with E-state index in [1.165, 1.54) is 12.4 Å². The molecule has 0 aliphatic rings. The number of rotatable bonds is 6. The quantitative estimate of drug-likeness (QED) is 0.858. The second kappa shape index (κ2) is 7.56. The Morgan fingerprint density at radius 1 is 1.14 bits per heavy atom. The number of halogens is 1. The van der Waals surface area contributed by atoms with Gasteiger partial charge >= 0.3 is 5.97 Å². The minimum absolute atomic E-state index is 0.0712. The minimum Gasteiger partial charge on any atom is -0.481 e. The molecular weight excluding hydrogens is 304 g/mol. The lowest BCUT2D eigenvalue weighted by Gasteiger charge is -2.16. The van der Waals surface area contributed by atoms with E-state index in [2.05, 4.69) is 10.3 Å². The van der Waals surface area contributed by atoms with E-state index >= 15 is 0 Å². The Balaban J connectivity index is 2.05. The Hall–Kier alpha value is -2.40. The normalized spacial score (nSPS) is 11.7. The molecule has 0 saturated heterocycles. The summed E-state index contributed by atoms with van der Waals surface area (Å²) in [5.41, 5.74) is 1.31. The van der Waals surface area contributed by atoms with Gasteiger partial charge in [0.25, 0.3) is 5.91 Å². The number of carbonyl (C=O) groups is 2. The molecule has 1 aromatic carbocycles. The highest BCUT2D eigenvalue weighted by Gasteiger charge is 2.17. The number of hydrogen-bond donors (Lipinski definition) is 2. The third kappa shape index (κ3) is 4.56. The van der Waals surface area contributed by atoms with Crippen LogP contribution in [0.5, 0.6) is 0 Å². The molecule has 6 heteroatoms. The van der Waals surface area contributed by atoms with Crippen LogP contribution in [0.15, 0.2) is 48.8 Å². The zero-order valence-electron chi connectivity index (χ0n) is 11.7. The fraction of sp³-hybridized carbons (Fsp3) is 0.188. The van der Waals surface area contributed by atoms with Crippen LogP contribution in [0.4, 0.5) is 0 Å². The van der Waals surface area contributed by atoms with E-state index in [0.29, 0.717) is 10.6 Å². The van der Waals surface area contributed by atoms with E-state index in [1.807, 2.05) is 0 Å². The van der Waals surface area contributed by atoms with Gasteiger partial charge in [-0.25, -0.2) is 0 Å². The van der Waals surface area contributed by atoms with E-state index in [1.54, 1.807) is 36.4 Å². The number of carbonyl (C=O) groups excluding carboxylic acids is 1. The van der Waals surface area contributed by atoms with Crippen LogP contribution in [0.25, 0.3) is 0 Å². The minimum atomic E-state index is -0.918. The van der Waals surface area contributed by atoms with Gasteiger partial charge < -0.3 is 10.4 Å². The number of amides is 1. The van der Waals surface area contributed by atoms with Gasteiger partial charge in [0.2, 0.25) is 0 Å². The molecule has 114 valence electrons. The molecular formula is C16H15ClN2O3. The van der Waals surface area contributed by atoms with E-state index < -0.39 is 5.97 Å². The van der Waals surface area contributed by atoms with Crippen molar-refractivity contribution >= 4 is 23.5 Å². The number of hydrogen-bond acceptors (Lipinski definition) is 3. The van der Waals surface area contributed by atoms with Crippen LogP contribution < -0.4 is 5.32 Å². The van der Waals surface area contributed by atoms with Crippen LogP contribution in [-0.4, -0.2) is 28.5 Å². The first kappa shape index (κ1) is 16.0. The highest BCUT2D eigenvalue weighted by atomic mass is 35.5. The zero-order chi connectivity index (χ0) is 15.9. The smallest absolute Gasteiger partial charge is 0.304 e. The van der Waals surface area contributed by atoms with Crippen LogP contribution in [0.1, 0.15) is 28.3 Å². The van der Waals surface area contributed by atoms with E-state index in [4.69, 9.17) is 16.7 Å². The number of carboxylic acid groups (broad SMARTS) is 1. The lowest BCUT2D eigenvalue weighted by atomic mass is 9.95. The molecule has 1 aromatic heterocycles. The van der Waals surface area contributed by atoms with Crippen LogP contribution in [0, 0.1) is 0 Å². The Morgan fingerprint density at radius 3 is 2.36 bits per heavy atom. The summed E-state index contributed by atoms with van der Waals surface area (Å²) in [6, 6.07) is 10.2. The summed E-state index contributed by atoms with van der Waals surface area (Å²) in [6.07, 6.45) is 2.99. The van der Waals surface area contributed by atoms with Gasteiger partial charge in [-0.1, -0.05) is 23.7 Å². The van der Waals surface area contributed by atoms with Crippen molar-refractivity contribution in [3.63, 3.8) is 0 Å². The highest BCUT2D eigenvalue weighted by molar-refractivity contribution is 6.30. The second-order valence-electron chi connectivity index (χ2n) is 4.79. The van der Waals surface area contributed by atoms with Crippen LogP contribution >= 0.6 is 11.6 Å². The molecule has 22 heavy (non-hydrogen) atoms. The van der Waals surface area contributed by atoms with E-state index in [0.717, 1.165) is 5.56 Å². The first-order valence-corrected chi connectivity index (χ1v) is 7.09. The van der Waals surface area contributed by atoms with Gasteiger partial charge in [-0.3, -0.25) is 14.6 Å². The maximum atomic E-state index is 12.0. The summed E-state index contributed by atoms with van der Waals surface area (Å²) < 4.78 is 0. The van der Waals surface area contributed by atoms with Crippen LogP contribution in [0.3, 0.4) is 0 Å². The number of benzene rings is 1. The van der Waals surface area contributed by atoms with Crippen molar-refractivity contribution in [2.75, 3.05) is 6.54 Å². The molecule has 5 nitrogen and oxygen atoms in total. The lowest BCUT2D eigenvalue weighted by molar-refractivity contribution is -0.137. The lowest BCUT2D eigenvalue weighted by Crippen LogP contribution is -2.29. The standard InChI is InChI=1S/C16H15ClN2O3/c17-14-3-1-11(2-4-14)13(9-15(20)21)10-19-16(22)12-5-7-18-8-6-12/h1-8,13H,9-10H2,(H,19,22)(H,20,21). The summed E-state index contributed by atoms with van der Waals surface area (Å²) >= 11 is 5.84. The molecule has 0 bridgehead atoms.